The van der Waals surface area contributed by atoms with Crippen LogP contribution in [0.1, 0.15) is 28.8 Å². The van der Waals surface area contributed by atoms with Crippen LogP contribution in [0.15, 0.2) is 22.7 Å². The number of nitrogens with one attached hydrogen (secondary N) is 1. The van der Waals surface area contributed by atoms with Crippen LogP contribution in [0.5, 0.6) is 0 Å². The Morgan fingerprint density at radius 3 is 2.95 bits per heavy atom. The number of hydrogen-bond acceptors (Lipinski definition) is 4. The largest absolute Gasteiger partial charge is 0.319 e. The number of likely N-dealkylation sites (tertiary alicyclic amines) is 1. The van der Waals surface area contributed by atoms with Crippen LogP contribution in [0.3, 0.4) is 0 Å². The standard InChI is InChI=1S/C16H15BrN4O/c17-14-5-1-10(8-18)7-13(14)16(22)21-12(9-20-19)4-2-11-3-6-15(11)21/h1,5,7,11-12,15,20H,2,4,9,19H2/t11-,12-,15+/m0/s1. The van der Waals surface area contributed by atoms with Crippen molar-refractivity contribution in [2.75, 3.05) is 6.54 Å². The first kappa shape index (κ1) is 15.1. The zero-order chi connectivity index (χ0) is 15.7. The average Bonchev–Trinajstić information content (AvgIpc) is 2.49. The minimum atomic E-state index is -0.104. The molecule has 3 atom stereocenters. The van der Waals surface area contributed by atoms with Crippen molar-refractivity contribution in [3.63, 3.8) is 0 Å². The highest BCUT2D eigenvalue weighted by molar-refractivity contribution is 9.10. The van der Waals surface area contributed by atoms with E-state index in [1.54, 1.807) is 18.2 Å². The summed E-state index contributed by atoms with van der Waals surface area (Å²) in [5.41, 5.74) is 3.63. The highest BCUT2D eigenvalue weighted by Gasteiger charge is 2.42. The molecule has 2 aliphatic rings. The molecule has 0 bridgehead atoms. The van der Waals surface area contributed by atoms with E-state index in [-0.39, 0.29) is 23.9 Å². The van der Waals surface area contributed by atoms with Gasteiger partial charge in [0.1, 0.15) is 6.04 Å². The summed E-state index contributed by atoms with van der Waals surface area (Å²) in [6.07, 6.45) is 1.87. The molecule has 5 nitrogen and oxygen atoms in total. The molecular weight excluding hydrogens is 344 g/mol. The Kier molecular flexibility index (Phi) is 4.17. The fraction of sp³-hybridized carbons (Fsp3) is 0.375. The molecule has 1 heterocycles. The topological polar surface area (TPSA) is 82.2 Å². The minimum Gasteiger partial charge on any atom is -0.319 e. The van der Waals surface area contributed by atoms with Gasteiger partial charge in [0, 0.05) is 17.1 Å². The van der Waals surface area contributed by atoms with Crippen molar-refractivity contribution in [2.45, 2.75) is 24.9 Å². The van der Waals surface area contributed by atoms with Gasteiger partial charge < -0.3 is 4.90 Å². The third-order valence-electron chi connectivity index (χ3n) is 4.22. The number of amides is 1. The van der Waals surface area contributed by atoms with Gasteiger partial charge in [0.05, 0.1) is 23.1 Å². The van der Waals surface area contributed by atoms with Gasteiger partial charge in [-0.2, -0.15) is 5.26 Å². The van der Waals surface area contributed by atoms with Crippen molar-refractivity contribution >= 4 is 21.8 Å². The van der Waals surface area contributed by atoms with Gasteiger partial charge in [-0.05, 0) is 47.0 Å². The van der Waals surface area contributed by atoms with Crippen molar-refractivity contribution in [1.82, 2.24) is 10.3 Å². The Bertz CT molecular complexity index is 715. The SMILES string of the molecule is N#Cc1ccc(Br)c(C(=O)N2[C@H](CNN)CC[C@H]3C#C[C@H]32)c1. The number of halogens is 1. The third kappa shape index (κ3) is 2.50. The number of carbonyl (C=O) groups is 1. The number of piperidine rings is 1. The minimum absolute atomic E-state index is 0.0194. The number of hydrogen-bond donors (Lipinski definition) is 2. The van der Waals surface area contributed by atoms with E-state index in [0.717, 1.165) is 12.8 Å². The number of carbonyl (C=O) groups excluding carboxylic acids is 1. The van der Waals surface area contributed by atoms with Crippen molar-refractivity contribution in [2.24, 2.45) is 11.8 Å². The van der Waals surface area contributed by atoms with Crippen molar-refractivity contribution < 1.29 is 4.79 Å². The maximum atomic E-state index is 13.0. The molecule has 0 saturated carbocycles. The second kappa shape index (κ2) is 6.10. The van der Waals surface area contributed by atoms with Crippen LogP contribution < -0.4 is 11.3 Å². The molecule has 1 aromatic carbocycles. The molecule has 1 aliphatic carbocycles. The van der Waals surface area contributed by atoms with Gasteiger partial charge in [0.25, 0.3) is 5.91 Å². The van der Waals surface area contributed by atoms with E-state index in [9.17, 15) is 4.79 Å². The van der Waals surface area contributed by atoms with E-state index in [1.165, 1.54) is 0 Å². The fourth-order valence-electron chi connectivity index (χ4n) is 3.03. The molecule has 0 spiro atoms. The van der Waals surface area contributed by atoms with Gasteiger partial charge in [0.2, 0.25) is 0 Å². The second-order valence-electron chi connectivity index (χ2n) is 5.50. The molecule has 0 radical (unpaired) electrons. The van der Waals surface area contributed by atoms with Crippen molar-refractivity contribution in [3.8, 4) is 17.9 Å². The Labute approximate surface area is 137 Å². The van der Waals surface area contributed by atoms with E-state index in [2.05, 4.69) is 39.3 Å². The number of nitrogens with two attached hydrogens (primary N) is 1. The van der Waals surface area contributed by atoms with Crippen LogP contribution in [0.25, 0.3) is 0 Å². The quantitative estimate of drug-likeness (QED) is 0.486. The summed E-state index contributed by atoms with van der Waals surface area (Å²) >= 11 is 3.41. The van der Waals surface area contributed by atoms with E-state index in [4.69, 9.17) is 11.1 Å². The molecule has 0 unspecified atom stereocenters. The lowest BCUT2D eigenvalue weighted by atomic mass is 9.80. The zero-order valence-corrected chi connectivity index (χ0v) is 13.4. The maximum Gasteiger partial charge on any atom is 0.256 e. The normalized spacial score (nSPS) is 25.3. The number of rotatable bonds is 3. The summed E-state index contributed by atoms with van der Waals surface area (Å²) in [4.78, 5) is 14.8. The number of nitrogens with zero attached hydrogens (tertiary/aromatic N) is 2. The molecule has 6 heteroatoms. The molecular formula is C16H15BrN4O. The van der Waals surface area contributed by atoms with E-state index < -0.39 is 0 Å². The van der Waals surface area contributed by atoms with Crippen LogP contribution in [-0.2, 0) is 0 Å². The lowest BCUT2D eigenvalue weighted by molar-refractivity contribution is 0.0445. The molecule has 3 N–H and O–H groups in total. The predicted molar refractivity (Wildman–Crippen MR) is 85.3 cm³/mol. The Morgan fingerprint density at radius 2 is 2.32 bits per heavy atom. The molecule has 22 heavy (non-hydrogen) atoms. The Hall–Kier alpha value is -1.86. The number of hydrazine groups is 1. The van der Waals surface area contributed by atoms with Crippen LogP contribution in [0.2, 0.25) is 0 Å². The van der Waals surface area contributed by atoms with E-state index in [0.29, 0.717) is 22.1 Å². The summed E-state index contributed by atoms with van der Waals surface area (Å²) in [6, 6.07) is 7.08. The number of nitriles is 1. The lowest BCUT2D eigenvalue weighted by Gasteiger charge is -2.45. The molecule has 3 rings (SSSR count). The molecule has 112 valence electrons. The number of benzene rings is 1. The van der Waals surface area contributed by atoms with Gasteiger partial charge in [-0.25, -0.2) is 0 Å². The van der Waals surface area contributed by atoms with Crippen molar-refractivity contribution in [3.05, 3.63) is 33.8 Å². The monoisotopic (exact) mass is 358 g/mol. The first-order valence-electron chi connectivity index (χ1n) is 7.12. The average molecular weight is 359 g/mol. The summed E-state index contributed by atoms with van der Waals surface area (Å²) in [7, 11) is 0. The van der Waals surface area contributed by atoms with Crippen LogP contribution in [0.4, 0.5) is 0 Å². The first-order chi connectivity index (χ1) is 10.7. The highest BCUT2D eigenvalue weighted by atomic mass is 79.9. The maximum absolute atomic E-state index is 13.0. The highest BCUT2D eigenvalue weighted by Crippen LogP contribution is 2.34. The Balaban J connectivity index is 1.95. The van der Waals surface area contributed by atoms with E-state index in [1.807, 2.05) is 4.90 Å². The smallest absolute Gasteiger partial charge is 0.256 e. The molecule has 1 aromatic rings. The van der Waals surface area contributed by atoms with Crippen molar-refractivity contribution in [1.29, 1.82) is 5.26 Å². The third-order valence-corrected chi connectivity index (χ3v) is 4.91. The van der Waals surface area contributed by atoms with Gasteiger partial charge in [-0.3, -0.25) is 16.1 Å². The van der Waals surface area contributed by atoms with E-state index >= 15 is 0 Å². The summed E-state index contributed by atoms with van der Waals surface area (Å²) in [5, 5.41) is 9.05. The molecule has 1 saturated heterocycles. The summed E-state index contributed by atoms with van der Waals surface area (Å²) in [6.45, 7) is 0.534. The molecule has 1 aliphatic heterocycles. The second-order valence-corrected chi connectivity index (χ2v) is 6.35. The molecule has 1 fully saturated rings. The van der Waals surface area contributed by atoms with Gasteiger partial charge in [0.15, 0.2) is 0 Å². The lowest BCUT2D eigenvalue weighted by Crippen LogP contribution is -2.58. The van der Waals surface area contributed by atoms with Gasteiger partial charge >= 0.3 is 0 Å². The first-order valence-corrected chi connectivity index (χ1v) is 7.92. The summed E-state index contributed by atoms with van der Waals surface area (Å²) in [5.74, 6) is 11.8. The predicted octanol–water partition coefficient (Wildman–Crippen LogP) is 1.39. The Morgan fingerprint density at radius 1 is 1.50 bits per heavy atom. The summed E-state index contributed by atoms with van der Waals surface area (Å²) < 4.78 is 0.686. The van der Waals surface area contributed by atoms with Gasteiger partial charge in [-0.1, -0.05) is 11.8 Å². The van der Waals surface area contributed by atoms with Crippen LogP contribution >= 0.6 is 15.9 Å². The molecule has 1 amide bonds. The zero-order valence-electron chi connectivity index (χ0n) is 11.8. The number of fused-ring (bicyclic) bond motifs is 1. The van der Waals surface area contributed by atoms with Crippen LogP contribution in [-0.4, -0.2) is 29.4 Å². The fourth-order valence-corrected chi connectivity index (χ4v) is 3.45. The molecule has 0 aromatic heterocycles. The van der Waals surface area contributed by atoms with Crippen LogP contribution in [0, 0.1) is 29.1 Å². The van der Waals surface area contributed by atoms with Gasteiger partial charge in [-0.15, -0.1) is 0 Å².